The standard InChI is InChI=1S/C10H12O2/c1-5-3-6-7-4-8(5)12-9(11)10(6,7)2/h3,6-8H,4H2,1-2H3/t6-,7+,8-,10-/m1/s1. The van der Waals surface area contributed by atoms with Crippen molar-refractivity contribution < 1.29 is 9.53 Å². The summed E-state index contributed by atoms with van der Waals surface area (Å²) < 4.78 is 5.34. The molecule has 3 aliphatic rings. The summed E-state index contributed by atoms with van der Waals surface area (Å²) in [5, 5.41) is 0. The molecular weight excluding hydrogens is 152 g/mol. The van der Waals surface area contributed by atoms with Gasteiger partial charge in [-0.15, -0.1) is 0 Å². The summed E-state index contributed by atoms with van der Waals surface area (Å²) in [6.45, 7) is 4.11. The van der Waals surface area contributed by atoms with Crippen LogP contribution in [0.25, 0.3) is 0 Å². The predicted octanol–water partition coefficient (Wildman–Crippen LogP) is 1.51. The van der Waals surface area contributed by atoms with E-state index in [0.717, 1.165) is 6.42 Å². The third kappa shape index (κ3) is 0.501. The molecule has 12 heavy (non-hydrogen) atoms. The van der Waals surface area contributed by atoms with Crippen molar-refractivity contribution in [1.29, 1.82) is 0 Å². The summed E-state index contributed by atoms with van der Waals surface area (Å²) in [6, 6.07) is 0. The highest BCUT2D eigenvalue weighted by Gasteiger charge is 2.70. The van der Waals surface area contributed by atoms with Crippen LogP contribution in [-0.4, -0.2) is 12.1 Å². The lowest BCUT2D eigenvalue weighted by molar-refractivity contribution is -0.158. The average molecular weight is 164 g/mol. The Hall–Kier alpha value is -0.790. The smallest absolute Gasteiger partial charge is 0.313 e. The minimum atomic E-state index is -0.145. The van der Waals surface area contributed by atoms with Crippen molar-refractivity contribution in [3.8, 4) is 0 Å². The van der Waals surface area contributed by atoms with Gasteiger partial charge in [0.2, 0.25) is 0 Å². The SMILES string of the molecule is CC1=C[C@@H]2[C@@H]3C[C@H]1OC(=O)[C@]23C. The van der Waals surface area contributed by atoms with Gasteiger partial charge >= 0.3 is 5.97 Å². The third-order valence-electron chi connectivity index (χ3n) is 3.89. The molecule has 2 nitrogen and oxygen atoms in total. The van der Waals surface area contributed by atoms with Crippen molar-refractivity contribution >= 4 is 5.97 Å². The van der Waals surface area contributed by atoms with E-state index in [1.165, 1.54) is 5.57 Å². The lowest BCUT2D eigenvalue weighted by Gasteiger charge is -2.25. The van der Waals surface area contributed by atoms with Gasteiger partial charge in [0.1, 0.15) is 6.10 Å². The summed E-state index contributed by atoms with van der Waals surface area (Å²) in [4.78, 5) is 11.5. The van der Waals surface area contributed by atoms with E-state index in [4.69, 9.17) is 4.74 Å². The van der Waals surface area contributed by atoms with Crippen LogP contribution in [-0.2, 0) is 9.53 Å². The molecule has 0 aromatic heterocycles. The molecule has 1 heterocycles. The largest absolute Gasteiger partial charge is 0.457 e. The molecule has 0 radical (unpaired) electrons. The summed E-state index contributed by atoms with van der Waals surface area (Å²) in [5.74, 6) is 1.11. The van der Waals surface area contributed by atoms with Gasteiger partial charge in [-0.25, -0.2) is 0 Å². The van der Waals surface area contributed by atoms with Crippen molar-refractivity contribution in [3.05, 3.63) is 11.6 Å². The molecule has 1 saturated heterocycles. The fourth-order valence-corrected chi connectivity index (χ4v) is 2.81. The number of rotatable bonds is 0. The normalized spacial score (nSPS) is 54.3. The van der Waals surface area contributed by atoms with Gasteiger partial charge < -0.3 is 4.74 Å². The highest BCUT2D eigenvalue weighted by molar-refractivity contribution is 5.84. The van der Waals surface area contributed by atoms with Crippen LogP contribution in [0.2, 0.25) is 0 Å². The van der Waals surface area contributed by atoms with Crippen molar-refractivity contribution in [2.75, 3.05) is 0 Å². The number of carbonyl (C=O) groups excluding carboxylic acids is 1. The molecule has 0 spiro atoms. The minimum absolute atomic E-state index is 0.0295. The molecule has 0 unspecified atom stereocenters. The zero-order valence-electron chi connectivity index (χ0n) is 7.33. The first-order valence-electron chi connectivity index (χ1n) is 4.53. The highest BCUT2D eigenvalue weighted by atomic mass is 16.5. The second-order valence-corrected chi connectivity index (χ2v) is 4.46. The number of hydrogen-bond acceptors (Lipinski definition) is 2. The van der Waals surface area contributed by atoms with Crippen LogP contribution >= 0.6 is 0 Å². The van der Waals surface area contributed by atoms with Crippen LogP contribution in [0.4, 0.5) is 0 Å². The molecule has 2 heteroatoms. The topological polar surface area (TPSA) is 26.3 Å². The van der Waals surface area contributed by atoms with E-state index in [9.17, 15) is 4.79 Å². The Morgan fingerprint density at radius 2 is 2.42 bits per heavy atom. The van der Waals surface area contributed by atoms with Gasteiger partial charge in [-0.2, -0.15) is 0 Å². The zero-order chi connectivity index (χ0) is 8.51. The third-order valence-corrected chi connectivity index (χ3v) is 3.89. The van der Waals surface area contributed by atoms with E-state index >= 15 is 0 Å². The highest BCUT2D eigenvalue weighted by Crippen LogP contribution is 2.67. The molecule has 1 aliphatic heterocycles. The second kappa shape index (κ2) is 1.61. The first-order chi connectivity index (χ1) is 5.64. The maximum Gasteiger partial charge on any atom is 0.313 e. The van der Waals surface area contributed by atoms with Crippen LogP contribution in [0.15, 0.2) is 11.6 Å². The number of carbonyl (C=O) groups is 1. The van der Waals surface area contributed by atoms with Crippen molar-refractivity contribution in [3.63, 3.8) is 0 Å². The maximum atomic E-state index is 11.5. The molecule has 4 atom stereocenters. The summed E-state index contributed by atoms with van der Waals surface area (Å²) in [5.41, 5.74) is 1.11. The Bertz CT molecular complexity index is 305. The van der Waals surface area contributed by atoms with Gasteiger partial charge in [0.05, 0.1) is 5.41 Å². The molecule has 0 amide bonds. The molecule has 0 aromatic rings. The van der Waals surface area contributed by atoms with E-state index in [0.29, 0.717) is 11.8 Å². The summed E-state index contributed by atoms with van der Waals surface area (Å²) in [7, 11) is 0. The minimum Gasteiger partial charge on any atom is -0.457 e. The molecule has 0 N–H and O–H groups in total. The van der Waals surface area contributed by atoms with E-state index in [2.05, 4.69) is 13.0 Å². The summed E-state index contributed by atoms with van der Waals surface area (Å²) >= 11 is 0. The Kier molecular flexibility index (Phi) is 0.897. The van der Waals surface area contributed by atoms with Gasteiger partial charge in [-0.1, -0.05) is 6.08 Å². The lowest BCUT2D eigenvalue weighted by Crippen LogP contribution is -2.31. The fraction of sp³-hybridized carbons (Fsp3) is 0.700. The van der Waals surface area contributed by atoms with Crippen LogP contribution in [0.3, 0.4) is 0 Å². The first-order valence-corrected chi connectivity index (χ1v) is 4.53. The van der Waals surface area contributed by atoms with E-state index in [1.807, 2.05) is 6.92 Å². The summed E-state index contributed by atoms with van der Waals surface area (Å²) in [6.07, 6.45) is 3.41. The van der Waals surface area contributed by atoms with Gasteiger partial charge in [0.15, 0.2) is 0 Å². The Labute approximate surface area is 71.6 Å². The predicted molar refractivity (Wildman–Crippen MR) is 43.3 cm³/mol. The number of fused-ring (bicyclic) bond motifs is 2. The van der Waals surface area contributed by atoms with Crippen LogP contribution in [0, 0.1) is 17.3 Å². The second-order valence-electron chi connectivity index (χ2n) is 4.46. The average Bonchev–Trinajstić information content (AvgIpc) is 2.61. The van der Waals surface area contributed by atoms with Crippen molar-refractivity contribution in [2.24, 2.45) is 17.3 Å². The van der Waals surface area contributed by atoms with Crippen LogP contribution in [0.5, 0.6) is 0 Å². The lowest BCUT2D eigenvalue weighted by atomic mass is 9.95. The quantitative estimate of drug-likeness (QED) is 0.400. The van der Waals surface area contributed by atoms with E-state index < -0.39 is 0 Å². The van der Waals surface area contributed by atoms with Gasteiger partial charge in [0.25, 0.3) is 0 Å². The zero-order valence-corrected chi connectivity index (χ0v) is 7.33. The van der Waals surface area contributed by atoms with Gasteiger partial charge in [0, 0.05) is 0 Å². The molecule has 64 valence electrons. The van der Waals surface area contributed by atoms with Gasteiger partial charge in [-0.3, -0.25) is 4.79 Å². The fourth-order valence-electron chi connectivity index (χ4n) is 2.81. The maximum absolute atomic E-state index is 11.5. The van der Waals surface area contributed by atoms with Gasteiger partial charge in [-0.05, 0) is 37.7 Å². The number of ether oxygens (including phenoxy) is 1. The number of esters is 1. The Balaban J connectivity index is 2.11. The molecule has 1 saturated carbocycles. The molecule has 0 aromatic carbocycles. The molecule has 2 fully saturated rings. The van der Waals surface area contributed by atoms with Crippen molar-refractivity contribution in [1.82, 2.24) is 0 Å². The molecule has 2 aliphatic carbocycles. The molecular formula is C10H12O2. The monoisotopic (exact) mass is 164 g/mol. The Morgan fingerprint density at radius 3 is 3.17 bits per heavy atom. The van der Waals surface area contributed by atoms with E-state index in [1.54, 1.807) is 0 Å². The van der Waals surface area contributed by atoms with Crippen LogP contribution in [0.1, 0.15) is 20.3 Å². The van der Waals surface area contributed by atoms with E-state index in [-0.39, 0.29) is 17.5 Å². The first kappa shape index (κ1) is 6.70. The Morgan fingerprint density at radius 1 is 1.67 bits per heavy atom. The van der Waals surface area contributed by atoms with Crippen LogP contribution < -0.4 is 0 Å². The number of allylic oxidation sites excluding steroid dienone is 1. The number of hydrogen-bond donors (Lipinski definition) is 0. The van der Waals surface area contributed by atoms with Crippen molar-refractivity contribution in [2.45, 2.75) is 26.4 Å². The molecule has 2 bridgehead atoms. The molecule has 3 rings (SSSR count).